The molecule has 0 unspecified atom stereocenters. The number of amides is 1. The van der Waals surface area contributed by atoms with Crippen LogP contribution >= 0.6 is 11.6 Å². The van der Waals surface area contributed by atoms with Crippen molar-refractivity contribution < 1.29 is 18.7 Å². The van der Waals surface area contributed by atoms with E-state index in [9.17, 15) is 14.0 Å². The number of ether oxygens (including phenoxy) is 1. The average molecular weight is 328 g/mol. The summed E-state index contributed by atoms with van der Waals surface area (Å²) in [5, 5.41) is 2.85. The fourth-order valence-corrected chi connectivity index (χ4v) is 2.89. The van der Waals surface area contributed by atoms with E-state index in [1.54, 1.807) is 0 Å². The normalized spacial score (nSPS) is 21.2. The van der Waals surface area contributed by atoms with Gasteiger partial charge in [-0.15, -0.1) is 0 Å². The maximum absolute atomic E-state index is 12.9. The van der Waals surface area contributed by atoms with E-state index in [0.29, 0.717) is 5.92 Å². The van der Waals surface area contributed by atoms with Gasteiger partial charge in [-0.05, 0) is 37.0 Å². The first-order chi connectivity index (χ1) is 10.5. The van der Waals surface area contributed by atoms with Gasteiger partial charge in [0.1, 0.15) is 5.82 Å². The topological polar surface area (TPSA) is 55.4 Å². The first-order valence-corrected chi connectivity index (χ1v) is 7.76. The lowest BCUT2D eigenvalue weighted by Crippen LogP contribution is -2.42. The molecule has 1 aliphatic carbocycles. The van der Waals surface area contributed by atoms with Crippen molar-refractivity contribution in [3.8, 4) is 0 Å². The first-order valence-electron chi connectivity index (χ1n) is 7.39. The number of hydrogen-bond donors (Lipinski definition) is 1. The smallest absolute Gasteiger partial charge is 0.340 e. The molecule has 0 aliphatic heterocycles. The fraction of sp³-hybridized carbons (Fsp3) is 0.500. The third-order valence-electron chi connectivity index (χ3n) is 3.94. The third kappa shape index (κ3) is 4.44. The highest BCUT2D eigenvalue weighted by molar-refractivity contribution is 6.33. The molecule has 0 aromatic heterocycles. The Bertz CT molecular complexity index is 564. The van der Waals surface area contributed by atoms with E-state index >= 15 is 0 Å². The SMILES string of the molecule is C[C@H]1CCCC[C@H]1NC(=O)COC(=O)c1ccc(F)cc1Cl. The standard InChI is InChI=1S/C16H19ClFNO3/c1-10-4-2-3-5-14(10)19-15(20)9-22-16(21)12-7-6-11(18)8-13(12)17/h6-8,10,14H,2-5,9H2,1H3,(H,19,20)/t10-,14+/m0/s1. The summed E-state index contributed by atoms with van der Waals surface area (Å²) in [5.41, 5.74) is 0.0434. The number of rotatable bonds is 4. The zero-order chi connectivity index (χ0) is 16.1. The summed E-state index contributed by atoms with van der Waals surface area (Å²) < 4.78 is 17.9. The predicted molar refractivity (Wildman–Crippen MR) is 81.3 cm³/mol. The molecular weight excluding hydrogens is 309 g/mol. The van der Waals surface area contributed by atoms with E-state index in [4.69, 9.17) is 16.3 Å². The Morgan fingerprint density at radius 2 is 2.09 bits per heavy atom. The van der Waals surface area contributed by atoms with Gasteiger partial charge in [-0.25, -0.2) is 9.18 Å². The van der Waals surface area contributed by atoms with Crippen molar-refractivity contribution in [2.75, 3.05) is 6.61 Å². The lowest BCUT2D eigenvalue weighted by atomic mass is 9.86. The number of carbonyl (C=O) groups is 2. The Labute approximate surface area is 134 Å². The average Bonchev–Trinajstić information content (AvgIpc) is 2.47. The Hall–Kier alpha value is -1.62. The molecule has 1 aromatic carbocycles. The van der Waals surface area contributed by atoms with Crippen LogP contribution in [-0.4, -0.2) is 24.5 Å². The van der Waals surface area contributed by atoms with Crippen LogP contribution in [-0.2, 0) is 9.53 Å². The third-order valence-corrected chi connectivity index (χ3v) is 4.26. The largest absolute Gasteiger partial charge is 0.452 e. The molecule has 1 aromatic rings. The van der Waals surface area contributed by atoms with Crippen LogP contribution in [0.2, 0.25) is 5.02 Å². The molecule has 1 aliphatic rings. The van der Waals surface area contributed by atoms with Gasteiger partial charge in [0.25, 0.3) is 5.91 Å². The molecular formula is C16H19ClFNO3. The van der Waals surface area contributed by atoms with E-state index in [1.165, 1.54) is 12.5 Å². The van der Waals surface area contributed by atoms with Gasteiger partial charge in [-0.3, -0.25) is 4.79 Å². The lowest BCUT2D eigenvalue weighted by molar-refractivity contribution is -0.125. The van der Waals surface area contributed by atoms with E-state index in [1.807, 2.05) is 0 Å². The summed E-state index contributed by atoms with van der Waals surface area (Å²) in [5.74, 6) is -1.17. The van der Waals surface area contributed by atoms with Crippen LogP contribution in [0.5, 0.6) is 0 Å². The van der Waals surface area contributed by atoms with E-state index in [0.717, 1.165) is 31.4 Å². The van der Waals surface area contributed by atoms with Crippen molar-refractivity contribution in [2.24, 2.45) is 5.92 Å². The molecule has 1 fully saturated rings. The lowest BCUT2D eigenvalue weighted by Gasteiger charge is -2.29. The highest BCUT2D eigenvalue weighted by Crippen LogP contribution is 2.23. The molecule has 0 heterocycles. The van der Waals surface area contributed by atoms with Gasteiger partial charge in [0, 0.05) is 6.04 Å². The van der Waals surface area contributed by atoms with Crippen LogP contribution in [0.25, 0.3) is 0 Å². The minimum Gasteiger partial charge on any atom is -0.452 e. The molecule has 2 rings (SSSR count). The highest BCUT2D eigenvalue weighted by Gasteiger charge is 2.23. The molecule has 0 saturated heterocycles. The number of benzene rings is 1. The molecule has 22 heavy (non-hydrogen) atoms. The van der Waals surface area contributed by atoms with Gasteiger partial charge in [-0.2, -0.15) is 0 Å². The van der Waals surface area contributed by atoms with Crippen LogP contribution in [0, 0.1) is 11.7 Å². The van der Waals surface area contributed by atoms with Crippen molar-refractivity contribution in [3.05, 3.63) is 34.6 Å². The molecule has 120 valence electrons. The number of hydrogen-bond acceptors (Lipinski definition) is 3. The van der Waals surface area contributed by atoms with Crippen molar-refractivity contribution in [3.63, 3.8) is 0 Å². The second-order valence-corrected chi connectivity index (χ2v) is 6.04. The number of esters is 1. The fourth-order valence-electron chi connectivity index (χ4n) is 2.64. The maximum atomic E-state index is 12.9. The number of carbonyl (C=O) groups excluding carboxylic acids is 2. The Kier molecular flexibility index (Phi) is 5.77. The van der Waals surface area contributed by atoms with Crippen molar-refractivity contribution in [1.29, 1.82) is 0 Å². The Morgan fingerprint density at radius 1 is 1.36 bits per heavy atom. The van der Waals surface area contributed by atoms with Crippen LogP contribution in [0.15, 0.2) is 18.2 Å². The van der Waals surface area contributed by atoms with E-state index in [-0.39, 0.29) is 29.1 Å². The van der Waals surface area contributed by atoms with Crippen molar-refractivity contribution >= 4 is 23.5 Å². The highest BCUT2D eigenvalue weighted by atomic mass is 35.5. The molecule has 0 spiro atoms. The summed E-state index contributed by atoms with van der Waals surface area (Å²) in [6, 6.07) is 3.52. The predicted octanol–water partition coefficient (Wildman–Crippen LogP) is 3.33. The summed E-state index contributed by atoms with van der Waals surface area (Å²) in [6.07, 6.45) is 4.33. The zero-order valence-electron chi connectivity index (χ0n) is 12.4. The monoisotopic (exact) mass is 327 g/mol. The molecule has 0 bridgehead atoms. The second kappa shape index (κ2) is 7.58. The maximum Gasteiger partial charge on any atom is 0.340 e. The molecule has 1 N–H and O–H groups in total. The summed E-state index contributed by atoms with van der Waals surface area (Å²) in [6.45, 7) is 1.74. The van der Waals surface area contributed by atoms with E-state index < -0.39 is 11.8 Å². The molecule has 1 amide bonds. The van der Waals surface area contributed by atoms with Crippen LogP contribution in [0.1, 0.15) is 43.0 Å². The first kappa shape index (κ1) is 16.7. The molecule has 4 nitrogen and oxygen atoms in total. The van der Waals surface area contributed by atoms with Gasteiger partial charge in [-0.1, -0.05) is 31.4 Å². The van der Waals surface area contributed by atoms with Gasteiger partial charge in [0.15, 0.2) is 6.61 Å². The second-order valence-electron chi connectivity index (χ2n) is 5.64. The minimum atomic E-state index is -0.739. The van der Waals surface area contributed by atoms with Gasteiger partial charge >= 0.3 is 5.97 Å². The zero-order valence-corrected chi connectivity index (χ0v) is 13.2. The van der Waals surface area contributed by atoms with Crippen LogP contribution < -0.4 is 5.32 Å². The summed E-state index contributed by atoms with van der Waals surface area (Å²) >= 11 is 5.77. The van der Waals surface area contributed by atoms with Crippen molar-refractivity contribution in [1.82, 2.24) is 5.32 Å². The number of halogens is 2. The molecule has 0 radical (unpaired) electrons. The van der Waals surface area contributed by atoms with E-state index in [2.05, 4.69) is 12.2 Å². The molecule has 6 heteroatoms. The Balaban J connectivity index is 1.84. The number of nitrogens with one attached hydrogen (secondary N) is 1. The van der Waals surface area contributed by atoms with Gasteiger partial charge < -0.3 is 10.1 Å². The van der Waals surface area contributed by atoms with Crippen LogP contribution in [0.3, 0.4) is 0 Å². The van der Waals surface area contributed by atoms with Crippen molar-refractivity contribution in [2.45, 2.75) is 38.6 Å². The van der Waals surface area contributed by atoms with Crippen LogP contribution in [0.4, 0.5) is 4.39 Å². The summed E-state index contributed by atoms with van der Waals surface area (Å²) in [7, 11) is 0. The van der Waals surface area contributed by atoms with Gasteiger partial charge in [0.05, 0.1) is 10.6 Å². The summed E-state index contributed by atoms with van der Waals surface area (Å²) in [4.78, 5) is 23.7. The molecule has 2 atom stereocenters. The van der Waals surface area contributed by atoms with Gasteiger partial charge in [0.2, 0.25) is 0 Å². The quantitative estimate of drug-likeness (QED) is 0.863. The Morgan fingerprint density at radius 3 is 2.77 bits per heavy atom. The molecule has 1 saturated carbocycles. The minimum absolute atomic E-state index is 0.0358.